The van der Waals surface area contributed by atoms with E-state index in [-0.39, 0.29) is 5.69 Å². The molecule has 0 spiro atoms. The van der Waals surface area contributed by atoms with Gasteiger partial charge < -0.3 is 5.11 Å². The summed E-state index contributed by atoms with van der Waals surface area (Å²) in [6, 6.07) is 3.56. The largest absolute Gasteiger partial charge is 0.476 e. The van der Waals surface area contributed by atoms with E-state index in [1.165, 1.54) is 0 Å². The minimum Gasteiger partial charge on any atom is -0.476 e. The molecule has 2 aromatic heterocycles. The average Bonchev–Trinajstić information content (AvgIpc) is 2.73. The average molecular weight is 246 g/mol. The van der Waals surface area contributed by atoms with E-state index >= 15 is 0 Å². The Morgan fingerprint density at radius 2 is 2.28 bits per heavy atom. The standard InChI is InChI=1S/C12H14N4O2/c1-8(2)7-16-11(9-4-3-5-13-6-9)10(12(17)18)14-15-16/h3-6,8H,7H2,1-2H3,(H,17,18). The highest BCUT2D eigenvalue weighted by Gasteiger charge is 2.20. The Morgan fingerprint density at radius 1 is 1.50 bits per heavy atom. The monoisotopic (exact) mass is 246 g/mol. The van der Waals surface area contributed by atoms with E-state index in [0.717, 1.165) is 0 Å². The van der Waals surface area contributed by atoms with E-state index < -0.39 is 5.97 Å². The highest BCUT2D eigenvalue weighted by Crippen LogP contribution is 2.22. The number of carboxylic acids is 1. The summed E-state index contributed by atoms with van der Waals surface area (Å²) in [5.74, 6) is -0.729. The van der Waals surface area contributed by atoms with Crippen molar-refractivity contribution in [2.24, 2.45) is 5.92 Å². The SMILES string of the molecule is CC(C)Cn1nnc(C(=O)O)c1-c1cccnc1. The van der Waals surface area contributed by atoms with Crippen LogP contribution in [0.15, 0.2) is 24.5 Å². The smallest absolute Gasteiger partial charge is 0.358 e. The van der Waals surface area contributed by atoms with Crippen LogP contribution in [0.3, 0.4) is 0 Å². The molecule has 0 saturated carbocycles. The molecule has 2 aromatic rings. The second-order valence-electron chi connectivity index (χ2n) is 4.41. The highest BCUT2D eigenvalue weighted by atomic mass is 16.4. The minimum atomic E-state index is -1.08. The number of aromatic carboxylic acids is 1. The summed E-state index contributed by atoms with van der Waals surface area (Å²) in [7, 11) is 0. The molecule has 0 fully saturated rings. The summed E-state index contributed by atoms with van der Waals surface area (Å²) < 4.78 is 1.62. The van der Waals surface area contributed by atoms with Crippen molar-refractivity contribution in [3.05, 3.63) is 30.2 Å². The molecule has 18 heavy (non-hydrogen) atoms. The van der Waals surface area contributed by atoms with Crippen LogP contribution < -0.4 is 0 Å². The number of hydrogen-bond donors (Lipinski definition) is 1. The lowest BCUT2D eigenvalue weighted by Crippen LogP contribution is -2.09. The first-order valence-corrected chi connectivity index (χ1v) is 5.66. The second kappa shape index (κ2) is 4.95. The fourth-order valence-corrected chi connectivity index (χ4v) is 1.72. The molecular formula is C12H14N4O2. The number of carbonyl (C=O) groups is 1. The van der Waals surface area contributed by atoms with Crippen molar-refractivity contribution in [1.29, 1.82) is 0 Å². The van der Waals surface area contributed by atoms with Crippen molar-refractivity contribution in [2.45, 2.75) is 20.4 Å². The van der Waals surface area contributed by atoms with Gasteiger partial charge in [0.15, 0.2) is 5.69 Å². The third kappa shape index (κ3) is 2.37. The van der Waals surface area contributed by atoms with Crippen molar-refractivity contribution < 1.29 is 9.90 Å². The summed E-state index contributed by atoms with van der Waals surface area (Å²) in [4.78, 5) is 15.2. The lowest BCUT2D eigenvalue weighted by Gasteiger charge is -2.08. The van der Waals surface area contributed by atoms with E-state index in [4.69, 9.17) is 5.11 Å². The molecule has 0 aromatic carbocycles. The van der Waals surface area contributed by atoms with Crippen LogP contribution in [0.5, 0.6) is 0 Å². The predicted octanol–water partition coefficient (Wildman–Crippen LogP) is 1.69. The third-order valence-electron chi connectivity index (χ3n) is 2.41. The first kappa shape index (κ1) is 12.2. The molecule has 0 amide bonds. The second-order valence-corrected chi connectivity index (χ2v) is 4.41. The summed E-state index contributed by atoms with van der Waals surface area (Å²) in [6.45, 7) is 4.69. The maximum atomic E-state index is 11.2. The Bertz CT molecular complexity index is 548. The number of pyridine rings is 1. The molecule has 0 radical (unpaired) electrons. The van der Waals surface area contributed by atoms with Gasteiger partial charge in [0, 0.05) is 24.5 Å². The van der Waals surface area contributed by atoms with Gasteiger partial charge >= 0.3 is 5.97 Å². The zero-order valence-electron chi connectivity index (χ0n) is 10.2. The zero-order valence-corrected chi connectivity index (χ0v) is 10.2. The van der Waals surface area contributed by atoms with Crippen LogP contribution in [-0.4, -0.2) is 31.1 Å². The summed E-state index contributed by atoms with van der Waals surface area (Å²) >= 11 is 0. The Morgan fingerprint density at radius 3 is 2.83 bits per heavy atom. The van der Waals surface area contributed by atoms with E-state index in [1.54, 1.807) is 29.2 Å². The van der Waals surface area contributed by atoms with Gasteiger partial charge in [-0.2, -0.15) is 0 Å². The molecule has 0 unspecified atom stereocenters. The molecule has 1 N–H and O–H groups in total. The van der Waals surface area contributed by atoms with Gasteiger partial charge in [-0.25, -0.2) is 9.48 Å². The quantitative estimate of drug-likeness (QED) is 0.887. The van der Waals surface area contributed by atoms with Crippen LogP contribution in [0.1, 0.15) is 24.3 Å². The normalized spacial score (nSPS) is 10.8. The van der Waals surface area contributed by atoms with Crippen molar-refractivity contribution in [3.8, 4) is 11.3 Å². The summed E-state index contributed by atoms with van der Waals surface area (Å²) in [6.07, 6.45) is 3.25. The first-order chi connectivity index (χ1) is 8.59. The molecule has 6 heteroatoms. The van der Waals surface area contributed by atoms with E-state index in [0.29, 0.717) is 23.7 Å². The Hall–Kier alpha value is -2.24. The molecule has 0 aliphatic carbocycles. The molecule has 0 saturated heterocycles. The van der Waals surface area contributed by atoms with Crippen LogP contribution in [0, 0.1) is 5.92 Å². The van der Waals surface area contributed by atoms with Crippen molar-refractivity contribution in [2.75, 3.05) is 0 Å². The summed E-state index contributed by atoms with van der Waals surface area (Å²) in [5.41, 5.74) is 1.17. The fourth-order valence-electron chi connectivity index (χ4n) is 1.72. The number of rotatable bonds is 4. The molecule has 0 aliphatic heterocycles. The number of nitrogens with zero attached hydrogens (tertiary/aromatic N) is 4. The summed E-state index contributed by atoms with van der Waals surface area (Å²) in [5, 5.41) is 16.8. The molecular weight excluding hydrogens is 232 g/mol. The topological polar surface area (TPSA) is 80.9 Å². The Balaban J connectivity index is 2.54. The van der Waals surface area contributed by atoms with Gasteiger partial charge in [0.1, 0.15) is 5.69 Å². The predicted molar refractivity (Wildman–Crippen MR) is 65.1 cm³/mol. The number of aromatic nitrogens is 4. The maximum absolute atomic E-state index is 11.2. The number of carboxylic acid groups (broad SMARTS) is 1. The van der Waals surface area contributed by atoms with Gasteiger partial charge in [-0.3, -0.25) is 4.98 Å². The van der Waals surface area contributed by atoms with Gasteiger partial charge in [0.2, 0.25) is 0 Å². The third-order valence-corrected chi connectivity index (χ3v) is 2.41. The minimum absolute atomic E-state index is 0.0383. The van der Waals surface area contributed by atoms with Crippen LogP contribution in [0.4, 0.5) is 0 Å². The lowest BCUT2D eigenvalue weighted by atomic mass is 10.1. The van der Waals surface area contributed by atoms with E-state index in [9.17, 15) is 4.79 Å². The van der Waals surface area contributed by atoms with Crippen LogP contribution in [0.25, 0.3) is 11.3 Å². The van der Waals surface area contributed by atoms with Crippen LogP contribution in [0.2, 0.25) is 0 Å². The van der Waals surface area contributed by atoms with Gasteiger partial charge in [-0.1, -0.05) is 19.1 Å². The molecule has 0 atom stereocenters. The molecule has 2 rings (SSSR count). The fraction of sp³-hybridized carbons (Fsp3) is 0.333. The van der Waals surface area contributed by atoms with E-state index in [1.807, 2.05) is 13.8 Å². The Labute approximate surface area is 104 Å². The molecule has 94 valence electrons. The van der Waals surface area contributed by atoms with Crippen molar-refractivity contribution in [3.63, 3.8) is 0 Å². The molecule has 2 heterocycles. The van der Waals surface area contributed by atoms with Crippen molar-refractivity contribution >= 4 is 5.97 Å². The van der Waals surface area contributed by atoms with Crippen LogP contribution in [-0.2, 0) is 6.54 Å². The highest BCUT2D eigenvalue weighted by molar-refractivity contribution is 5.92. The van der Waals surface area contributed by atoms with Gasteiger partial charge in [0.05, 0.1) is 0 Å². The van der Waals surface area contributed by atoms with Crippen molar-refractivity contribution in [1.82, 2.24) is 20.0 Å². The zero-order chi connectivity index (χ0) is 13.1. The number of hydrogen-bond acceptors (Lipinski definition) is 4. The van der Waals surface area contributed by atoms with E-state index in [2.05, 4.69) is 15.3 Å². The molecule has 6 nitrogen and oxygen atoms in total. The Kier molecular flexibility index (Phi) is 3.36. The maximum Gasteiger partial charge on any atom is 0.358 e. The molecule has 0 bridgehead atoms. The van der Waals surface area contributed by atoms with Gasteiger partial charge in [-0.05, 0) is 18.1 Å². The first-order valence-electron chi connectivity index (χ1n) is 5.66. The lowest BCUT2D eigenvalue weighted by molar-refractivity contribution is 0.0691. The van der Waals surface area contributed by atoms with Gasteiger partial charge in [0.25, 0.3) is 0 Å². The van der Waals surface area contributed by atoms with Gasteiger partial charge in [-0.15, -0.1) is 5.10 Å². The molecule has 0 aliphatic rings. The van der Waals surface area contributed by atoms with Crippen LogP contribution >= 0.6 is 0 Å².